The zero-order chi connectivity index (χ0) is 17.2. The maximum absolute atomic E-state index is 12.7. The van der Waals surface area contributed by atoms with Crippen molar-refractivity contribution in [3.05, 3.63) is 65.9 Å². The fourth-order valence-electron chi connectivity index (χ4n) is 3.31. The van der Waals surface area contributed by atoms with Gasteiger partial charge in [0.05, 0.1) is 17.8 Å². The third-order valence-corrected chi connectivity index (χ3v) is 4.57. The van der Waals surface area contributed by atoms with Gasteiger partial charge < -0.3 is 9.73 Å². The summed E-state index contributed by atoms with van der Waals surface area (Å²) in [4.78, 5) is 21.3. The van der Waals surface area contributed by atoms with Gasteiger partial charge in [0.2, 0.25) is 5.91 Å². The summed E-state index contributed by atoms with van der Waals surface area (Å²) in [7, 11) is 0. The van der Waals surface area contributed by atoms with Crippen molar-refractivity contribution in [1.29, 1.82) is 0 Å². The monoisotopic (exact) mass is 333 g/mol. The lowest BCUT2D eigenvalue weighted by atomic mass is 9.86. The van der Waals surface area contributed by atoms with Crippen molar-refractivity contribution in [3.63, 3.8) is 0 Å². The minimum absolute atomic E-state index is 0.00269. The summed E-state index contributed by atoms with van der Waals surface area (Å²) in [5.74, 6) is 1.18. The van der Waals surface area contributed by atoms with Crippen molar-refractivity contribution in [2.75, 3.05) is 5.32 Å². The van der Waals surface area contributed by atoms with E-state index in [1.165, 1.54) is 5.56 Å². The summed E-state index contributed by atoms with van der Waals surface area (Å²) in [5, 5.41) is 3.01. The Balaban J connectivity index is 1.50. The molecule has 25 heavy (non-hydrogen) atoms. The molecule has 5 nitrogen and oxygen atoms in total. The molecule has 2 aromatic heterocycles. The van der Waals surface area contributed by atoms with Gasteiger partial charge in [-0.05, 0) is 55.2 Å². The Bertz CT molecular complexity index is 899. The summed E-state index contributed by atoms with van der Waals surface area (Å²) in [6, 6.07) is 11.6. The third-order valence-electron chi connectivity index (χ3n) is 4.57. The van der Waals surface area contributed by atoms with E-state index in [0.29, 0.717) is 5.89 Å². The summed E-state index contributed by atoms with van der Waals surface area (Å²) in [6.45, 7) is 1.81. The highest BCUT2D eigenvalue weighted by atomic mass is 16.4. The summed E-state index contributed by atoms with van der Waals surface area (Å²) in [6.07, 6.45) is 6.32. The SMILES string of the molecule is Cc1ncc(-c2ccc(NC(=O)C3CCCc4cccnc43)cc2)o1. The van der Waals surface area contributed by atoms with E-state index in [1.807, 2.05) is 37.3 Å². The third kappa shape index (κ3) is 3.18. The lowest BCUT2D eigenvalue weighted by Crippen LogP contribution is -2.25. The Kier molecular flexibility index (Phi) is 4.06. The van der Waals surface area contributed by atoms with Crippen LogP contribution in [0, 0.1) is 6.92 Å². The Hall–Kier alpha value is -2.95. The highest BCUT2D eigenvalue weighted by Crippen LogP contribution is 2.31. The van der Waals surface area contributed by atoms with Crippen LogP contribution < -0.4 is 5.32 Å². The van der Waals surface area contributed by atoms with Gasteiger partial charge in [0.1, 0.15) is 0 Å². The summed E-state index contributed by atoms with van der Waals surface area (Å²) in [5.41, 5.74) is 3.81. The molecule has 1 atom stereocenters. The van der Waals surface area contributed by atoms with Gasteiger partial charge in [0, 0.05) is 24.4 Å². The van der Waals surface area contributed by atoms with E-state index in [2.05, 4.69) is 21.4 Å². The summed E-state index contributed by atoms with van der Waals surface area (Å²) < 4.78 is 5.52. The molecule has 0 radical (unpaired) electrons. The highest BCUT2D eigenvalue weighted by Gasteiger charge is 2.27. The van der Waals surface area contributed by atoms with Crippen LogP contribution in [0.4, 0.5) is 5.69 Å². The van der Waals surface area contributed by atoms with Crippen LogP contribution in [0.25, 0.3) is 11.3 Å². The molecule has 0 saturated carbocycles. The van der Waals surface area contributed by atoms with Gasteiger partial charge in [-0.25, -0.2) is 4.98 Å². The van der Waals surface area contributed by atoms with Crippen LogP contribution in [0.2, 0.25) is 0 Å². The van der Waals surface area contributed by atoms with Crippen molar-refractivity contribution in [1.82, 2.24) is 9.97 Å². The van der Waals surface area contributed by atoms with E-state index in [1.54, 1.807) is 12.4 Å². The quantitative estimate of drug-likeness (QED) is 0.783. The molecule has 0 spiro atoms. The number of carbonyl (C=O) groups is 1. The van der Waals surface area contributed by atoms with E-state index in [9.17, 15) is 4.79 Å². The second-order valence-corrected chi connectivity index (χ2v) is 6.30. The molecule has 1 aromatic carbocycles. The number of benzene rings is 1. The average Bonchev–Trinajstić information content (AvgIpc) is 3.08. The number of aromatic nitrogens is 2. The molecule has 1 aliphatic rings. The lowest BCUT2D eigenvalue weighted by Gasteiger charge is -2.23. The van der Waals surface area contributed by atoms with Crippen molar-refractivity contribution in [3.8, 4) is 11.3 Å². The molecule has 5 heteroatoms. The van der Waals surface area contributed by atoms with Crippen LogP contribution in [0.1, 0.15) is 35.9 Å². The Labute approximate surface area is 146 Å². The van der Waals surface area contributed by atoms with Crippen molar-refractivity contribution in [2.45, 2.75) is 32.1 Å². The molecule has 1 N–H and O–H groups in total. The van der Waals surface area contributed by atoms with Gasteiger partial charge >= 0.3 is 0 Å². The number of nitrogens with zero attached hydrogens (tertiary/aromatic N) is 2. The van der Waals surface area contributed by atoms with E-state index in [-0.39, 0.29) is 11.8 Å². The highest BCUT2D eigenvalue weighted by molar-refractivity contribution is 5.96. The molecule has 3 aromatic rings. The molecule has 126 valence electrons. The maximum atomic E-state index is 12.7. The van der Waals surface area contributed by atoms with E-state index in [4.69, 9.17) is 4.42 Å². The predicted molar refractivity (Wildman–Crippen MR) is 95.2 cm³/mol. The van der Waals surface area contributed by atoms with Crippen molar-refractivity contribution < 1.29 is 9.21 Å². The second-order valence-electron chi connectivity index (χ2n) is 6.30. The lowest BCUT2D eigenvalue weighted by molar-refractivity contribution is -0.118. The number of hydrogen-bond donors (Lipinski definition) is 1. The first-order chi connectivity index (χ1) is 12.2. The molecule has 1 amide bonds. The minimum atomic E-state index is -0.179. The van der Waals surface area contributed by atoms with Crippen LogP contribution in [0.5, 0.6) is 0 Å². The molecule has 4 rings (SSSR count). The van der Waals surface area contributed by atoms with Gasteiger partial charge in [-0.3, -0.25) is 9.78 Å². The number of carbonyl (C=O) groups excluding carboxylic acids is 1. The van der Waals surface area contributed by atoms with Gasteiger partial charge in [0.15, 0.2) is 11.7 Å². The van der Waals surface area contributed by atoms with Crippen LogP contribution in [-0.2, 0) is 11.2 Å². The molecule has 0 aliphatic heterocycles. The Morgan fingerprint density at radius 3 is 2.80 bits per heavy atom. The minimum Gasteiger partial charge on any atom is -0.441 e. The maximum Gasteiger partial charge on any atom is 0.233 e. The zero-order valence-electron chi connectivity index (χ0n) is 14.0. The molecule has 0 saturated heterocycles. The number of fused-ring (bicyclic) bond motifs is 1. The van der Waals surface area contributed by atoms with Gasteiger partial charge in [-0.15, -0.1) is 0 Å². The molecule has 1 aliphatic carbocycles. The van der Waals surface area contributed by atoms with Gasteiger partial charge in [-0.1, -0.05) is 6.07 Å². The first-order valence-corrected chi connectivity index (χ1v) is 8.48. The number of nitrogens with one attached hydrogen (secondary N) is 1. The van der Waals surface area contributed by atoms with Crippen LogP contribution in [-0.4, -0.2) is 15.9 Å². The molecular weight excluding hydrogens is 314 g/mol. The van der Waals surface area contributed by atoms with Crippen molar-refractivity contribution >= 4 is 11.6 Å². The first kappa shape index (κ1) is 15.6. The Morgan fingerprint density at radius 2 is 2.04 bits per heavy atom. The predicted octanol–water partition coefficient (Wildman–Crippen LogP) is 4.10. The normalized spacial score (nSPS) is 16.3. The second kappa shape index (κ2) is 6.51. The molecular formula is C20H19N3O2. The topological polar surface area (TPSA) is 68.0 Å². The van der Waals surface area contributed by atoms with E-state index >= 15 is 0 Å². The smallest absolute Gasteiger partial charge is 0.233 e. The fourth-order valence-corrected chi connectivity index (χ4v) is 3.31. The number of amides is 1. The van der Waals surface area contributed by atoms with E-state index in [0.717, 1.165) is 42.0 Å². The number of aryl methyl sites for hydroxylation is 2. The first-order valence-electron chi connectivity index (χ1n) is 8.48. The zero-order valence-corrected chi connectivity index (χ0v) is 14.0. The fraction of sp³-hybridized carbons (Fsp3) is 0.250. The molecule has 0 bridgehead atoms. The van der Waals surface area contributed by atoms with Crippen LogP contribution in [0.15, 0.2) is 53.2 Å². The van der Waals surface area contributed by atoms with Crippen LogP contribution in [0.3, 0.4) is 0 Å². The number of hydrogen-bond acceptors (Lipinski definition) is 4. The largest absolute Gasteiger partial charge is 0.441 e. The number of rotatable bonds is 3. The molecule has 1 unspecified atom stereocenters. The number of anilines is 1. The van der Waals surface area contributed by atoms with Gasteiger partial charge in [-0.2, -0.15) is 0 Å². The average molecular weight is 333 g/mol. The molecule has 2 heterocycles. The standard InChI is InChI=1S/C20H19N3O2/c1-13-22-12-18(25-13)14-7-9-16(10-8-14)23-20(24)17-6-2-4-15-5-3-11-21-19(15)17/h3,5,7-12,17H,2,4,6H2,1H3,(H,23,24). The Morgan fingerprint density at radius 1 is 1.20 bits per heavy atom. The van der Waals surface area contributed by atoms with E-state index < -0.39 is 0 Å². The van der Waals surface area contributed by atoms with Crippen LogP contribution >= 0.6 is 0 Å². The van der Waals surface area contributed by atoms with Crippen molar-refractivity contribution in [2.24, 2.45) is 0 Å². The molecule has 0 fully saturated rings. The number of oxazole rings is 1. The summed E-state index contributed by atoms with van der Waals surface area (Å²) >= 11 is 0. The number of pyridine rings is 1. The van der Waals surface area contributed by atoms with Gasteiger partial charge in [0.25, 0.3) is 0 Å².